The molecule has 0 aliphatic carbocycles. The van der Waals surface area contributed by atoms with Gasteiger partial charge in [0, 0.05) is 10.6 Å². The summed E-state index contributed by atoms with van der Waals surface area (Å²) in [6, 6.07) is 14.9. The van der Waals surface area contributed by atoms with E-state index in [0.717, 1.165) is 5.69 Å². The molecule has 0 aromatic heterocycles. The van der Waals surface area contributed by atoms with Crippen molar-refractivity contribution in [3.63, 3.8) is 0 Å². The Labute approximate surface area is 129 Å². The molecule has 0 heterocycles. The lowest BCUT2D eigenvalue weighted by Gasteiger charge is -2.09. The van der Waals surface area contributed by atoms with Crippen LogP contribution in [0.15, 0.2) is 53.4 Å². The number of nitrogens with one attached hydrogen (secondary N) is 1. The fourth-order valence-electron chi connectivity index (χ4n) is 1.90. The van der Waals surface area contributed by atoms with Crippen LogP contribution >= 0.6 is 11.8 Å². The van der Waals surface area contributed by atoms with Crippen LogP contribution in [0.2, 0.25) is 0 Å². The predicted octanol–water partition coefficient (Wildman–Crippen LogP) is 4.25. The van der Waals surface area contributed by atoms with Gasteiger partial charge >= 0.3 is 0 Å². The lowest BCUT2D eigenvalue weighted by Crippen LogP contribution is -2.14. The number of benzene rings is 2. The predicted molar refractivity (Wildman–Crippen MR) is 88.0 cm³/mol. The van der Waals surface area contributed by atoms with Crippen LogP contribution in [-0.2, 0) is 4.79 Å². The van der Waals surface area contributed by atoms with Gasteiger partial charge in [-0.3, -0.25) is 4.79 Å². The van der Waals surface area contributed by atoms with E-state index in [1.165, 1.54) is 17.3 Å². The second-order valence-electron chi connectivity index (χ2n) is 5.08. The Hall–Kier alpha value is -1.94. The molecule has 2 N–H and O–H groups in total. The van der Waals surface area contributed by atoms with Gasteiger partial charge in [-0.1, -0.05) is 38.1 Å². The number of amides is 1. The van der Waals surface area contributed by atoms with Crippen molar-refractivity contribution in [1.29, 1.82) is 0 Å². The first-order valence-electron chi connectivity index (χ1n) is 6.87. The summed E-state index contributed by atoms with van der Waals surface area (Å²) >= 11 is 1.32. The largest absolute Gasteiger partial charge is 0.507 e. The number of anilines is 1. The first-order chi connectivity index (χ1) is 10.1. The fraction of sp³-hybridized carbons (Fsp3) is 0.235. The van der Waals surface area contributed by atoms with Crippen molar-refractivity contribution in [1.82, 2.24) is 0 Å². The van der Waals surface area contributed by atoms with Gasteiger partial charge in [-0.25, -0.2) is 0 Å². The molecule has 2 aromatic rings. The normalized spacial score (nSPS) is 10.6. The third-order valence-electron chi connectivity index (χ3n) is 3.06. The van der Waals surface area contributed by atoms with E-state index in [4.69, 9.17) is 0 Å². The third-order valence-corrected chi connectivity index (χ3v) is 4.12. The van der Waals surface area contributed by atoms with E-state index in [2.05, 4.69) is 25.2 Å². The monoisotopic (exact) mass is 301 g/mol. The number of aromatic hydroxyl groups is 1. The van der Waals surface area contributed by atoms with E-state index >= 15 is 0 Å². The quantitative estimate of drug-likeness (QED) is 0.812. The number of carbonyl (C=O) groups is 1. The van der Waals surface area contributed by atoms with Gasteiger partial charge in [0.2, 0.25) is 5.91 Å². The lowest BCUT2D eigenvalue weighted by molar-refractivity contribution is -0.113. The van der Waals surface area contributed by atoms with Crippen molar-refractivity contribution in [2.45, 2.75) is 24.7 Å². The maximum atomic E-state index is 12.0. The number of thioether (sulfide) groups is 1. The Balaban J connectivity index is 1.93. The minimum Gasteiger partial charge on any atom is -0.507 e. The molecule has 2 aromatic carbocycles. The van der Waals surface area contributed by atoms with Crippen molar-refractivity contribution in [3.8, 4) is 5.75 Å². The van der Waals surface area contributed by atoms with E-state index in [9.17, 15) is 9.90 Å². The van der Waals surface area contributed by atoms with Crippen LogP contribution in [0.5, 0.6) is 5.75 Å². The smallest absolute Gasteiger partial charge is 0.234 e. The van der Waals surface area contributed by atoms with E-state index < -0.39 is 0 Å². The van der Waals surface area contributed by atoms with E-state index in [0.29, 0.717) is 10.8 Å². The van der Waals surface area contributed by atoms with Gasteiger partial charge < -0.3 is 10.4 Å². The highest BCUT2D eigenvalue weighted by atomic mass is 32.2. The average molecular weight is 301 g/mol. The zero-order chi connectivity index (χ0) is 15.2. The molecule has 0 radical (unpaired) electrons. The molecule has 0 unspecified atom stereocenters. The molecule has 0 fully saturated rings. The molecule has 0 spiro atoms. The van der Waals surface area contributed by atoms with Gasteiger partial charge in [-0.2, -0.15) is 0 Å². The highest BCUT2D eigenvalue weighted by molar-refractivity contribution is 8.00. The molecule has 1 amide bonds. The summed E-state index contributed by atoms with van der Waals surface area (Å²) in [5, 5.41) is 12.5. The van der Waals surface area contributed by atoms with Gasteiger partial charge in [0.15, 0.2) is 0 Å². The number of carbonyl (C=O) groups excluding carboxylic acids is 1. The molecular weight excluding hydrogens is 282 g/mol. The number of para-hydroxylation sites is 1. The Bertz CT molecular complexity index is 626. The number of hydrogen-bond donors (Lipinski definition) is 2. The Kier molecular flexibility index (Phi) is 5.28. The summed E-state index contributed by atoms with van der Waals surface area (Å²) < 4.78 is 0. The van der Waals surface area contributed by atoms with Crippen LogP contribution in [0.3, 0.4) is 0 Å². The minimum atomic E-state index is -0.0795. The summed E-state index contributed by atoms with van der Waals surface area (Å²) in [5.41, 5.74) is 2.00. The van der Waals surface area contributed by atoms with Crippen LogP contribution in [0.25, 0.3) is 0 Å². The molecule has 0 saturated heterocycles. The fourth-order valence-corrected chi connectivity index (χ4v) is 2.64. The Morgan fingerprint density at radius 3 is 2.67 bits per heavy atom. The van der Waals surface area contributed by atoms with Crippen molar-refractivity contribution in [2.24, 2.45) is 0 Å². The van der Waals surface area contributed by atoms with Crippen molar-refractivity contribution < 1.29 is 9.90 Å². The van der Waals surface area contributed by atoms with Crippen LogP contribution in [0.4, 0.5) is 5.69 Å². The zero-order valence-corrected chi connectivity index (χ0v) is 13.0. The molecule has 2 rings (SSSR count). The van der Waals surface area contributed by atoms with E-state index in [1.807, 2.05) is 24.3 Å². The molecule has 0 bridgehead atoms. The number of phenolic OH excluding ortho intramolecular Hbond substituents is 1. The van der Waals surface area contributed by atoms with Gasteiger partial charge in [0.05, 0.1) is 5.75 Å². The summed E-state index contributed by atoms with van der Waals surface area (Å²) in [7, 11) is 0. The summed E-state index contributed by atoms with van der Waals surface area (Å²) in [6.45, 7) is 4.24. The molecule has 110 valence electrons. The van der Waals surface area contributed by atoms with E-state index in [1.54, 1.807) is 18.2 Å². The highest BCUT2D eigenvalue weighted by Gasteiger charge is 2.07. The first-order valence-corrected chi connectivity index (χ1v) is 7.85. The molecule has 0 atom stereocenters. The van der Waals surface area contributed by atoms with Crippen molar-refractivity contribution in [3.05, 3.63) is 54.1 Å². The first kappa shape index (κ1) is 15.4. The molecular formula is C17H19NO2S. The molecule has 0 aliphatic rings. The van der Waals surface area contributed by atoms with E-state index in [-0.39, 0.29) is 17.4 Å². The summed E-state index contributed by atoms with van der Waals surface area (Å²) in [4.78, 5) is 12.7. The zero-order valence-electron chi connectivity index (χ0n) is 12.2. The second kappa shape index (κ2) is 7.18. The highest BCUT2D eigenvalue weighted by Crippen LogP contribution is 2.27. The lowest BCUT2D eigenvalue weighted by atomic mass is 10.0. The van der Waals surface area contributed by atoms with Crippen LogP contribution in [0, 0.1) is 0 Å². The number of rotatable bonds is 5. The molecule has 21 heavy (non-hydrogen) atoms. The van der Waals surface area contributed by atoms with Crippen LogP contribution in [-0.4, -0.2) is 16.8 Å². The summed E-state index contributed by atoms with van der Waals surface area (Å²) in [5.74, 6) is 0.822. The maximum absolute atomic E-state index is 12.0. The Morgan fingerprint density at radius 1 is 1.19 bits per heavy atom. The standard InChI is InChI=1S/C17H19NO2S/c1-12(2)13-6-5-7-14(10-13)18-17(20)11-21-16-9-4-3-8-15(16)19/h3-10,12,19H,11H2,1-2H3,(H,18,20). The third kappa shape index (κ3) is 4.53. The molecule has 0 aliphatic heterocycles. The van der Waals surface area contributed by atoms with Crippen molar-refractivity contribution >= 4 is 23.4 Å². The number of phenols is 1. The average Bonchev–Trinajstić information content (AvgIpc) is 2.46. The van der Waals surface area contributed by atoms with Gasteiger partial charge in [-0.05, 0) is 35.7 Å². The SMILES string of the molecule is CC(C)c1cccc(NC(=O)CSc2ccccc2O)c1. The molecule has 4 heteroatoms. The van der Waals surface area contributed by atoms with Crippen molar-refractivity contribution in [2.75, 3.05) is 11.1 Å². The molecule has 0 saturated carbocycles. The second-order valence-corrected chi connectivity index (χ2v) is 6.10. The van der Waals surface area contributed by atoms with Crippen LogP contribution < -0.4 is 5.32 Å². The topological polar surface area (TPSA) is 49.3 Å². The van der Waals surface area contributed by atoms with Crippen LogP contribution in [0.1, 0.15) is 25.3 Å². The Morgan fingerprint density at radius 2 is 1.95 bits per heavy atom. The minimum absolute atomic E-state index is 0.0795. The van der Waals surface area contributed by atoms with Gasteiger partial charge in [0.25, 0.3) is 0 Å². The van der Waals surface area contributed by atoms with Gasteiger partial charge in [-0.15, -0.1) is 11.8 Å². The van der Waals surface area contributed by atoms with Gasteiger partial charge in [0.1, 0.15) is 5.75 Å². The maximum Gasteiger partial charge on any atom is 0.234 e. The molecule has 3 nitrogen and oxygen atoms in total. The number of hydrogen-bond acceptors (Lipinski definition) is 3. The summed E-state index contributed by atoms with van der Waals surface area (Å²) in [6.07, 6.45) is 0.